The van der Waals surface area contributed by atoms with Gasteiger partial charge in [-0.3, -0.25) is 14.4 Å². The van der Waals surface area contributed by atoms with Gasteiger partial charge in [-0.2, -0.15) is 0 Å². The minimum atomic E-state index is -1.49. The summed E-state index contributed by atoms with van der Waals surface area (Å²) >= 11 is 0. The van der Waals surface area contributed by atoms with E-state index in [-0.39, 0.29) is 36.5 Å². The Labute approximate surface area is 247 Å². The van der Waals surface area contributed by atoms with Crippen LogP contribution in [-0.2, 0) is 38.4 Å². The van der Waals surface area contributed by atoms with Crippen LogP contribution >= 0.6 is 0 Å². The van der Waals surface area contributed by atoms with E-state index in [1.807, 2.05) is 0 Å². The van der Waals surface area contributed by atoms with E-state index >= 15 is 0 Å². The molecule has 228 valence electrons. The molecule has 3 amide bonds. The second-order valence-corrected chi connectivity index (χ2v) is 9.92. The molecule has 10 N–H and O–H groups in total. The maximum atomic E-state index is 13.3. The van der Waals surface area contributed by atoms with Crippen LogP contribution in [-0.4, -0.2) is 80.0 Å². The molecule has 0 aliphatic carbocycles. The molecule has 4 unspecified atom stereocenters. The number of carbonyl (C=O) groups is 4. The molecule has 0 aliphatic heterocycles. The number of aromatic hydroxyl groups is 3. The van der Waals surface area contributed by atoms with Crippen LogP contribution in [0, 0.1) is 0 Å². The highest BCUT2D eigenvalue weighted by atomic mass is 16.4. The van der Waals surface area contributed by atoms with Gasteiger partial charge in [0, 0.05) is 12.8 Å². The van der Waals surface area contributed by atoms with Crippen LogP contribution in [0.3, 0.4) is 0 Å². The molecular formula is C30H34N4O9. The number of phenols is 3. The van der Waals surface area contributed by atoms with Gasteiger partial charge < -0.3 is 47.2 Å². The van der Waals surface area contributed by atoms with E-state index in [9.17, 15) is 44.7 Å². The highest BCUT2D eigenvalue weighted by Crippen LogP contribution is 2.14. The highest BCUT2D eigenvalue weighted by molar-refractivity contribution is 5.94. The maximum Gasteiger partial charge on any atom is 0.326 e. The lowest BCUT2D eigenvalue weighted by Crippen LogP contribution is -2.58. The Morgan fingerprint density at radius 3 is 1.33 bits per heavy atom. The van der Waals surface area contributed by atoms with Gasteiger partial charge in [-0.1, -0.05) is 36.4 Å². The molecule has 0 spiro atoms. The van der Waals surface area contributed by atoms with Gasteiger partial charge in [0.15, 0.2) is 0 Å². The number of carboxylic acids is 1. The topological polar surface area (TPSA) is 232 Å². The zero-order chi connectivity index (χ0) is 31.5. The third-order valence-electron chi connectivity index (χ3n) is 6.54. The predicted molar refractivity (Wildman–Crippen MR) is 154 cm³/mol. The summed E-state index contributed by atoms with van der Waals surface area (Å²) in [5.74, 6) is -3.85. The van der Waals surface area contributed by atoms with E-state index < -0.39 is 54.5 Å². The van der Waals surface area contributed by atoms with E-state index in [4.69, 9.17) is 5.73 Å². The summed E-state index contributed by atoms with van der Waals surface area (Å²) in [5, 5.41) is 55.3. The van der Waals surface area contributed by atoms with Crippen molar-refractivity contribution in [3.05, 3.63) is 89.5 Å². The lowest BCUT2D eigenvalue weighted by atomic mass is 10.0. The van der Waals surface area contributed by atoms with Gasteiger partial charge in [0.05, 0.1) is 12.6 Å². The van der Waals surface area contributed by atoms with E-state index in [2.05, 4.69) is 16.0 Å². The summed E-state index contributed by atoms with van der Waals surface area (Å²) < 4.78 is 0. The molecule has 0 fully saturated rings. The van der Waals surface area contributed by atoms with Gasteiger partial charge in [0.2, 0.25) is 17.7 Å². The quantitative estimate of drug-likeness (QED) is 0.118. The molecule has 4 atom stereocenters. The van der Waals surface area contributed by atoms with Crippen molar-refractivity contribution >= 4 is 23.7 Å². The third-order valence-corrected chi connectivity index (χ3v) is 6.54. The third kappa shape index (κ3) is 10.0. The molecule has 0 radical (unpaired) electrons. The number of rotatable bonds is 14. The van der Waals surface area contributed by atoms with Crippen LogP contribution in [0.15, 0.2) is 72.8 Å². The molecule has 0 aromatic heterocycles. The smallest absolute Gasteiger partial charge is 0.326 e. The number of hydrogen-bond acceptors (Lipinski definition) is 9. The zero-order valence-corrected chi connectivity index (χ0v) is 23.0. The van der Waals surface area contributed by atoms with Gasteiger partial charge in [0.25, 0.3) is 0 Å². The molecular weight excluding hydrogens is 560 g/mol. The number of nitrogens with two attached hydrogens (primary N) is 1. The molecule has 3 aromatic rings. The van der Waals surface area contributed by atoms with Crippen LogP contribution in [0.4, 0.5) is 0 Å². The first kappa shape index (κ1) is 32.4. The first-order chi connectivity index (χ1) is 20.4. The Morgan fingerprint density at radius 1 is 0.558 bits per heavy atom. The van der Waals surface area contributed by atoms with Gasteiger partial charge in [-0.05, 0) is 59.5 Å². The maximum absolute atomic E-state index is 13.3. The van der Waals surface area contributed by atoms with Crippen LogP contribution in [0.5, 0.6) is 17.2 Å². The summed E-state index contributed by atoms with van der Waals surface area (Å²) in [6.45, 7) is -0.824. The van der Waals surface area contributed by atoms with Crippen molar-refractivity contribution in [3.8, 4) is 17.2 Å². The van der Waals surface area contributed by atoms with Crippen molar-refractivity contribution in [1.82, 2.24) is 16.0 Å². The highest BCUT2D eigenvalue weighted by Gasteiger charge is 2.30. The monoisotopic (exact) mass is 594 g/mol. The number of aliphatic hydroxyl groups is 1. The van der Waals surface area contributed by atoms with Crippen LogP contribution < -0.4 is 21.7 Å². The summed E-state index contributed by atoms with van der Waals surface area (Å²) in [5.41, 5.74) is 7.66. The molecule has 43 heavy (non-hydrogen) atoms. The second kappa shape index (κ2) is 15.2. The average molecular weight is 595 g/mol. The Kier molecular flexibility index (Phi) is 11.4. The van der Waals surface area contributed by atoms with E-state index in [1.165, 1.54) is 60.7 Å². The minimum Gasteiger partial charge on any atom is -0.508 e. The number of carbonyl (C=O) groups excluding carboxylic acids is 3. The van der Waals surface area contributed by atoms with Crippen molar-refractivity contribution in [2.45, 2.75) is 43.4 Å². The van der Waals surface area contributed by atoms with E-state index in [0.717, 1.165) is 0 Å². The molecule has 3 rings (SSSR count). The van der Waals surface area contributed by atoms with E-state index in [1.54, 1.807) is 12.1 Å². The Morgan fingerprint density at radius 2 is 0.907 bits per heavy atom. The fourth-order valence-electron chi connectivity index (χ4n) is 4.14. The summed E-state index contributed by atoms with van der Waals surface area (Å²) in [7, 11) is 0. The van der Waals surface area contributed by atoms with Crippen molar-refractivity contribution in [1.29, 1.82) is 0 Å². The van der Waals surface area contributed by atoms with E-state index in [0.29, 0.717) is 16.7 Å². The fraction of sp³-hybridized carbons (Fsp3) is 0.267. The van der Waals surface area contributed by atoms with Crippen molar-refractivity contribution in [3.63, 3.8) is 0 Å². The Balaban J connectivity index is 1.72. The predicted octanol–water partition coefficient (Wildman–Crippen LogP) is -0.310. The molecule has 0 saturated carbocycles. The number of carboxylic acid groups (broad SMARTS) is 1. The first-order valence-corrected chi connectivity index (χ1v) is 13.3. The number of aliphatic hydroxyl groups excluding tert-OH is 1. The van der Waals surface area contributed by atoms with Crippen molar-refractivity contribution < 1.29 is 44.7 Å². The first-order valence-electron chi connectivity index (χ1n) is 13.3. The minimum absolute atomic E-state index is 0.0110. The fourth-order valence-corrected chi connectivity index (χ4v) is 4.14. The SMILES string of the molecule is NC(Cc1ccc(O)cc1)C(=O)NC(CO)C(=O)NC(Cc1ccc(O)cc1)C(=O)NC(Cc1ccc(O)cc1)C(=O)O. The standard InChI is InChI=1S/C30H34N4O9/c31-23(13-17-1-7-20(36)8-2-17)27(39)34-26(16-35)29(41)32-24(14-18-3-9-21(37)10-4-18)28(40)33-25(30(42)43)15-19-5-11-22(38)12-6-19/h1-12,23-26,35-38H,13-16,31H2,(H,32,41)(H,33,40)(H,34,39)(H,42,43). The number of phenolic OH excluding ortho intramolecular Hbond substituents is 3. The molecule has 13 heteroatoms. The van der Waals surface area contributed by atoms with Crippen LogP contribution in [0.2, 0.25) is 0 Å². The largest absolute Gasteiger partial charge is 0.508 e. The lowest BCUT2D eigenvalue weighted by molar-refractivity contribution is -0.142. The van der Waals surface area contributed by atoms with Gasteiger partial charge in [-0.25, -0.2) is 4.79 Å². The summed E-state index contributed by atoms with van der Waals surface area (Å²) in [6, 6.07) is 12.3. The number of benzene rings is 3. The lowest BCUT2D eigenvalue weighted by Gasteiger charge is -2.24. The number of nitrogens with one attached hydrogen (secondary N) is 3. The molecule has 3 aromatic carbocycles. The zero-order valence-electron chi connectivity index (χ0n) is 23.0. The normalized spacial score (nSPS) is 13.6. The summed E-state index contributed by atoms with van der Waals surface area (Å²) in [4.78, 5) is 51.1. The Hall–Kier alpha value is -5.14. The second-order valence-electron chi connectivity index (χ2n) is 9.92. The summed E-state index contributed by atoms with van der Waals surface area (Å²) in [6.07, 6.45) is -0.152. The van der Waals surface area contributed by atoms with Crippen molar-refractivity contribution in [2.75, 3.05) is 6.61 Å². The van der Waals surface area contributed by atoms with Crippen molar-refractivity contribution in [2.24, 2.45) is 5.73 Å². The van der Waals surface area contributed by atoms with Gasteiger partial charge in [0.1, 0.15) is 35.4 Å². The van der Waals surface area contributed by atoms with Crippen LogP contribution in [0.1, 0.15) is 16.7 Å². The van der Waals surface area contributed by atoms with Crippen LogP contribution in [0.25, 0.3) is 0 Å². The molecule has 0 saturated heterocycles. The molecule has 13 nitrogen and oxygen atoms in total. The van der Waals surface area contributed by atoms with Gasteiger partial charge in [-0.15, -0.1) is 0 Å². The molecule has 0 heterocycles. The Bertz CT molecular complexity index is 1400. The number of amides is 3. The molecule has 0 aliphatic rings. The molecule has 0 bridgehead atoms. The average Bonchev–Trinajstić information content (AvgIpc) is 2.98. The number of aliphatic carboxylic acids is 1. The number of hydrogen-bond donors (Lipinski definition) is 9. The van der Waals surface area contributed by atoms with Gasteiger partial charge >= 0.3 is 5.97 Å².